The summed E-state index contributed by atoms with van der Waals surface area (Å²) >= 11 is 1.07. The number of aromatic nitrogens is 3. The number of nitrogens with zero attached hydrogens (tertiary/aromatic N) is 5. The maximum absolute atomic E-state index is 12.9. The predicted octanol–water partition coefficient (Wildman–Crippen LogP) is 2.46. The van der Waals surface area contributed by atoms with E-state index >= 15 is 0 Å². The number of H-pyrrole nitrogens is 1. The summed E-state index contributed by atoms with van der Waals surface area (Å²) in [4.78, 5) is 17.9. The van der Waals surface area contributed by atoms with Crippen LogP contribution in [0.1, 0.15) is 37.4 Å². The summed E-state index contributed by atoms with van der Waals surface area (Å²) in [5.41, 5.74) is -0.262. The largest absolute Gasteiger partial charge is 0.304 e. The van der Waals surface area contributed by atoms with Crippen LogP contribution in [-0.2, 0) is 10.0 Å². The summed E-state index contributed by atoms with van der Waals surface area (Å²) in [6.45, 7) is 1.99. The van der Waals surface area contributed by atoms with E-state index in [0.717, 1.165) is 36.5 Å². The van der Waals surface area contributed by atoms with Crippen molar-refractivity contribution in [2.24, 2.45) is 0 Å². The van der Waals surface area contributed by atoms with Crippen LogP contribution in [0.25, 0.3) is 0 Å². The van der Waals surface area contributed by atoms with Gasteiger partial charge in [-0.1, -0.05) is 12.8 Å². The second-order valence-electron chi connectivity index (χ2n) is 7.68. The highest BCUT2D eigenvalue weighted by molar-refractivity contribution is 7.99. The zero-order valence-electron chi connectivity index (χ0n) is 16.7. The molecule has 4 rings (SSSR count). The van der Waals surface area contributed by atoms with Crippen molar-refractivity contribution in [1.29, 1.82) is 0 Å². The molecule has 0 atom stereocenters. The topological polar surface area (TPSA) is 125 Å². The molecule has 2 aliphatic rings. The third-order valence-corrected chi connectivity index (χ3v) is 8.48. The van der Waals surface area contributed by atoms with Crippen molar-refractivity contribution in [3.63, 3.8) is 0 Å². The van der Waals surface area contributed by atoms with Crippen LogP contribution in [0.2, 0.25) is 0 Å². The Bertz CT molecular complexity index is 1030. The predicted molar refractivity (Wildman–Crippen MR) is 111 cm³/mol. The molecule has 12 heteroatoms. The molecule has 0 radical (unpaired) electrons. The van der Waals surface area contributed by atoms with Gasteiger partial charge in [-0.15, -0.1) is 5.10 Å². The Morgan fingerprint density at radius 2 is 1.90 bits per heavy atom. The van der Waals surface area contributed by atoms with Crippen LogP contribution in [0.3, 0.4) is 0 Å². The molecule has 10 nitrogen and oxygen atoms in total. The first-order valence-corrected chi connectivity index (χ1v) is 12.2. The van der Waals surface area contributed by atoms with Crippen LogP contribution in [0, 0.1) is 10.1 Å². The smallest absolute Gasteiger partial charge is 0.284 e. The molecule has 2 heterocycles. The number of benzene rings is 1. The molecule has 2 fully saturated rings. The van der Waals surface area contributed by atoms with E-state index in [1.165, 1.54) is 29.3 Å². The van der Waals surface area contributed by atoms with Crippen molar-refractivity contribution >= 4 is 27.5 Å². The molecular formula is C18H24N6O4S2. The quantitative estimate of drug-likeness (QED) is 0.523. The van der Waals surface area contributed by atoms with Gasteiger partial charge >= 0.3 is 0 Å². The number of aromatic amines is 1. The van der Waals surface area contributed by atoms with E-state index in [1.807, 2.05) is 11.9 Å². The molecular weight excluding hydrogens is 428 g/mol. The number of nitro groups is 1. The Kier molecular flexibility index (Phi) is 6.09. The fourth-order valence-electron chi connectivity index (χ4n) is 3.85. The summed E-state index contributed by atoms with van der Waals surface area (Å²) in [6, 6.07) is 4.03. The van der Waals surface area contributed by atoms with Gasteiger partial charge in [-0.2, -0.15) is 4.31 Å². The van der Waals surface area contributed by atoms with Crippen LogP contribution >= 0.6 is 11.8 Å². The van der Waals surface area contributed by atoms with Gasteiger partial charge in [-0.25, -0.2) is 13.4 Å². The van der Waals surface area contributed by atoms with Crippen molar-refractivity contribution in [2.75, 3.05) is 33.2 Å². The first-order valence-electron chi connectivity index (χ1n) is 9.92. The lowest BCUT2D eigenvalue weighted by Gasteiger charge is -2.31. The third-order valence-electron chi connectivity index (χ3n) is 5.65. The van der Waals surface area contributed by atoms with Crippen molar-refractivity contribution in [3.8, 4) is 0 Å². The Balaban J connectivity index is 1.57. The molecule has 1 aromatic carbocycles. The zero-order chi connectivity index (χ0) is 21.3. The third kappa shape index (κ3) is 4.36. The van der Waals surface area contributed by atoms with Gasteiger partial charge < -0.3 is 4.90 Å². The highest BCUT2D eigenvalue weighted by Crippen LogP contribution is 2.37. The molecule has 162 valence electrons. The van der Waals surface area contributed by atoms with Gasteiger partial charge in [0, 0.05) is 38.2 Å². The van der Waals surface area contributed by atoms with E-state index in [9.17, 15) is 18.5 Å². The normalized spacial score (nSPS) is 19.4. The number of nitro benzene ring substituents is 1. The van der Waals surface area contributed by atoms with Gasteiger partial charge in [0.2, 0.25) is 15.2 Å². The van der Waals surface area contributed by atoms with Gasteiger partial charge in [0.1, 0.15) is 5.82 Å². The molecule has 0 amide bonds. The van der Waals surface area contributed by atoms with Gasteiger partial charge in [-0.05, 0) is 43.8 Å². The lowest BCUT2D eigenvalue weighted by atomic mass is 10.1. The van der Waals surface area contributed by atoms with Crippen LogP contribution in [0.4, 0.5) is 5.69 Å². The molecule has 1 aromatic heterocycles. The van der Waals surface area contributed by atoms with Crippen LogP contribution in [-0.4, -0.2) is 71.0 Å². The monoisotopic (exact) mass is 452 g/mol. The summed E-state index contributed by atoms with van der Waals surface area (Å²) in [5.74, 6) is 1.17. The molecule has 1 saturated carbocycles. The highest BCUT2D eigenvalue weighted by Gasteiger charge is 2.30. The van der Waals surface area contributed by atoms with E-state index in [-0.39, 0.29) is 10.6 Å². The number of rotatable bonds is 6. The van der Waals surface area contributed by atoms with Crippen molar-refractivity contribution in [3.05, 3.63) is 34.1 Å². The maximum atomic E-state index is 12.9. The number of sulfonamides is 1. The molecule has 1 aliphatic heterocycles. The number of hydrogen-bond donors (Lipinski definition) is 1. The number of piperazine rings is 1. The first kappa shape index (κ1) is 21.2. The standard InChI is InChI=1S/C18H24N6O4S2/c1-22-8-10-23(11-9-22)30(27,28)14-6-7-16(15(12-14)24(25)26)29-18-19-17(20-21-18)13-4-2-3-5-13/h6-7,12-13H,2-5,8-11H2,1H3,(H,19,20,21). The van der Waals surface area contributed by atoms with E-state index in [0.29, 0.717) is 42.1 Å². The summed E-state index contributed by atoms with van der Waals surface area (Å²) in [7, 11) is -1.85. The minimum absolute atomic E-state index is 0.0651. The van der Waals surface area contributed by atoms with Gasteiger partial charge in [0.05, 0.1) is 14.7 Å². The molecule has 1 aliphatic carbocycles. The summed E-state index contributed by atoms with van der Waals surface area (Å²) < 4.78 is 27.3. The number of nitrogens with one attached hydrogen (secondary N) is 1. The molecule has 30 heavy (non-hydrogen) atoms. The van der Waals surface area contributed by atoms with E-state index in [1.54, 1.807) is 0 Å². The SMILES string of the molecule is CN1CCN(S(=O)(=O)c2ccc(Sc3n[nH]c(C4CCCC4)n3)c([N+](=O)[O-])c2)CC1. The fraction of sp³-hybridized carbons (Fsp3) is 0.556. The first-order chi connectivity index (χ1) is 14.3. The van der Waals surface area contributed by atoms with E-state index in [2.05, 4.69) is 15.2 Å². The molecule has 0 spiro atoms. The summed E-state index contributed by atoms with van der Waals surface area (Å²) in [6.07, 6.45) is 4.47. The Morgan fingerprint density at radius 1 is 1.20 bits per heavy atom. The van der Waals surface area contributed by atoms with Gasteiger partial charge in [0.25, 0.3) is 5.69 Å². The summed E-state index contributed by atoms with van der Waals surface area (Å²) in [5, 5.41) is 19.2. The number of likely N-dealkylation sites (N-methyl/N-ethyl adjacent to an activating group) is 1. The van der Waals surface area contributed by atoms with Gasteiger partial charge in [-0.3, -0.25) is 15.2 Å². The van der Waals surface area contributed by atoms with Crippen LogP contribution in [0.5, 0.6) is 0 Å². The van der Waals surface area contributed by atoms with E-state index in [4.69, 9.17) is 0 Å². The molecule has 1 N–H and O–H groups in total. The minimum Gasteiger partial charge on any atom is -0.304 e. The van der Waals surface area contributed by atoms with Crippen molar-refractivity contribution in [2.45, 2.75) is 46.5 Å². The zero-order valence-corrected chi connectivity index (χ0v) is 18.3. The maximum Gasteiger partial charge on any atom is 0.284 e. The minimum atomic E-state index is -3.78. The fourth-order valence-corrected chi connectivity index (χ4v) is 6.10. The number of hydrogen-bond acceptors (Lipinski definition) is 8. The van der Waals surface area contributed by atoms with Crippen LogP contribution < -0.4 is 0 Å². The van der Waals surface area contributed by atoms with Crippen molar-refractivity contribution < 1.29 is 13.3 Å². The van der Waals surface area contributed by atoms with Crippen LogP contribution in [0.15, 0.2) is 33.1 Å². The second kappa shape index (κ2) is 8.61. The molecule has 1 saturated heterocycles. The van der Waals surface area contributed by atoms with Crippen molar-refractivity contribution in [1.82, 2.24) is 24.4 Å². The molecule has 0 unspecified atom stereocenters. The average Bonchev–Trinajstić information content (AvgIpc) is 3.40. The average molecular weight is 453 g/mol. The Morgan fingerprint density at radius 3 is 2.57 bits per heavy atom. The second-order valence-corrected chi connectivity index (χ2v) is 10.6. The Labute approximate surface area is 179 Å². The lowest BCUT2D eigenvalue weighted by molar-refractivity contribution is -0.388. The lowest BCUT2D eigenvalue weighted by Crippen LogP contribution is -2.47. The van der Waals surface area contributed by atoms with Gasteiger partial charge in [0.15, 0.2) is 0 Å². The van der Waals surface area contributed by atoms with E-state index < -0.39 is 14.9 Å². The molecule has 2 aromatic rings. The Hall–Kier alpha value is -2.02. The molecule has 0 bridgehead atoms. The highest BCUT2D eigenvalue weighted by atomic mass is 32.2.